The lowest BCUT2D eigenvalue weighted by molar-refractivity contribution is -0.157. The molecule has 2 saturated carbocycles. The average molecular weight is 441 g/mol. The fourth-order valence-corrected chi connectivity index (χ4v) is 7.28. The first kappa shape index (κ1) is 23.6. The van der Waals surface area contributed by atoms with Crippen LogP contribution in [0, 0.1) is 17.3 Å². The van der Waals surface area contributed by atoms with Crippen LogP contribution in [0.2, 0.25) is 0 Å². The van der Waals surface area contributed by atoms with Crippen LogP contribution >= 0.6 is 0 Å². The van der Waals surface area contributed by atoms with Gasteiger partial charge in [-0.1, -0.05) is 58.4 Å². The Bertz CT molecular complexity index is 772. The van der Waals surface area contributed by atoms with Gasteiger partial charge in [-0.2, -0.15) is 0 Å². The zero-order valence-corrected chi connectivity index (χ0v) is 20.7. The molecule has 5 atom stereocenters. The van der Waals surface area contributed by atoms with Crippen LogP contribution in [0.3, 0.4) is 0 Å². The molecule has 3 aliphatic carbocycles. The zero-order valence-electron chi connectivity index (χ0n) is 20.7. The van der Waals surface area contributed by atoms with Gasteiger partial charge in [0.05, 0.1) is 7.11 Å². The Balaban J connectivity index is 1.30. The summed E-state index contributed by atoms with van der Waals surface area (Å²) < 4.78 is 11.6. The number of unbranched alkanes of at least 4 members (excludes halogenated alkanes) is 6. The smallest absolute Gasteiger partial charge is 0.306 e. The van der Waals surface area contributed by atoms with Crippen molar-refractivity contribution in [1.82, 2.24) is 0 Å². The van der Waals surface area contributed by atoms with Gasteiger partial charge in [-0.15, -0.1) is 0 Å². The van der Waals surface area contributed by atoms with Crippen LogP contribution in [0.25, 0.3) is 0 Å². The van der Waals surface area contributed by atoms with Crippen LogP contribution in [-0.2, 0) is 16.0 Å². The summed E-state index contributed by atoms with van der Waals surface area (Å²) in [5.74, 6) is 3.13. The van der Waals surface area contributed by atoms with Gasteiger partial charge in [0.2, 0.25) is 0 Å². The second-order valence-corrected chi connectivity index (χ2v) is 11.0. The molecule has 3 nitrogen and oxygen atoms in total. The number of esters is 1. The van der Waals surface area contributed by atoms with E-state index >= 15 is 0 Å². The standard InChI is InChI=1S/C29H44O3/c1-4-5-6-7-8-9-10-11-28(30)32-27-17-16-26-25-14-12-21-20-22(31-3)13-15-23(21)24(25)18-19-29(26,27)2/h13,15,20,24-27H,4-12,14,16-19H2,1-3H3. The van der Waals surface area contributed by atoms with Crippen molar-refractivity contribution in [3.63, 3.8) is 0 Å². The maximum absolute atomic E-state index is 12.6. The molecule has 0 aliphatic heterocycles. The van der Waals surface area contributed by atoms with Gasteiger partial charge in [-0.05, 0) is 86.0 Å². The Morgan fingerprint density at radius 1 is 1.03 bits per heavy atom. The van der Waals surface area contributed by atoms with E-state index in [1.807, 2.05) is 0 Å². The van der Waals surface area contributed by atoms with Gasteiger partial charge in [0, 0.05) is 11.8 Å². The molecule has 3 heteroatoms. The zero-order chi connectivity index (χ0) is 22.6. The maximum atomic E-state index is 12.6. The van der Waals surface area contributed by atoms with Crippen molar-refractivity contribution in [3.8, 4) is 5.75 Å². The van der Waals surface area contributed by atoms with E-state index in [-0.39, 0.29) is 17.5 Å². The Kier molecular flexibility index (Phi) is 7.84. The summed E-state index contributed by atoms with van der Waals surface area (Å²) in [6.07, 6.45) is 16.5. The van der Waals surface area contributed by atoms with E-state index in [4.69, 9.17) is 9.47 Å². The molecular formula is C29H44O3. The van der Waals surface area contributed by atoms with Gasteiger partial charge in [0.25, 0.3) is 0 Å². The van der Waals surface area contributed by atoms with Crippen LogP contribution in [0.4, 0.5) is 0 Å². The minimum absolute atomic E-state index is 0.0497. The second-order valence-electron chi connectivity index (χ2n) is 11.0. The van der Waals surface area contributed by atoms with Crippen molar-refractivity contribution in [2.75, 3.05) is 7.11 Å². The highest BCUT2D eigenvalue weighted by molar-refractivity contribution is 5.69. The predicted octanol–water partition coefficient (Wildman–Crippen LogP) is 7.60. The summed E-state index contributed by atoms with van der Waals surface area (Å²) in [6, 6.07) is 6.71. The Morgan fingerprint density at radius 2 is 1.81 bits per heavy atom. The lowest BCUT2D eigenvalue weighted by Gasteiger charge is -2.50. The number of benzene rings is 1. The molecule has 4 rings (SSSR count). The van der Waals surface area contributed by atoms with Gasteiger partial charge >= 0.3 is 5.97 Å². The number of fused-ring (bicyclic) bond motifs is 5. The van der Waals surface area contributed by atoms with E-state index in [9.17, 15) is 4.79 Å². The fraction of sp³-hybridized carbons (Fsp3) is 0.759. The largest absolute Gasteiger partial charge is 0.497 e. The SMILES string of the molecule is CCCCCCCCCC(=O)OC1CCC2C3CCc4cc(OC)ccc4C3CCC12C. The number of hydrogen-bond acceptors (Lipinski definition) is 3. The topological polar surface area (TPSA) is 35.5 Å². The van der Waals surface area contributed by atoms with Gasteiger partial charge in [-0.25, -0.2) is 0 Å². The molecule has 0 amide bonds. The van der Waals surface area contributed by atoms with Crippen LogP contribution < -0.4 is 4.74 Å². The normalized spacial score (nSPS) is 30.8. The second kappa shape index (κ2) is 10.6. The molecule has 0 N–H and O–H groups in total. The van der Waals surface area contributed by atoms with Gasteiger partial charge in [0.15, 0.2) is 0 Å². The van der Waals surface area contributed by atoms with Gasteiger partial charge < -0.3 is 9.47 Å². The number of ether oxygens (including phenoxy) is 2. The molecule has 178 valence electrons. The average Bonchev–Trinajstić information content (AvgIpc) is 3.13. The highest BCUT2D eigenvalue weighted by atomic mass is 16.5. The molecule has 1 aromatic carbocycles. The number of methoxy groups -OCH3 is 1. The Labute approximate surface area is 195 Å². The number of carbonyl (C=O) groups is 1. The van der Waals surface area contributed by atoms with E-state index in [1.54, 1.807) is 12.7 Å². The minimum Gasteiger partial charge on any atom is -0.497 e. The quantitative estimate of drug-likeness (QED) is 0.277. The Morgan fingerprint density at radius 3 is 2.59 bits per heavy atom. The number of rotatable bonds is 10. The summed E-state index contributed by atoms with van der Waals surface area (Å²) in [7, 11) is 1.76. The molecule has 2 fully saturated rings. The molecule has 32 heavy (non-hydrogen) atoms. The molecule has 3 aliphatic rings. The summed E-state index contributed by atoms with van der Waals surface area (Å²) in [4.78, 5) is 12.6. The predicted molar refractivity (Wildman–Crippen MR) is 130 cm³/mol. The first-order chi connectivity index (χ1) is 15.6. The first-order valence-corrected chi connectivity index (χ1v) is 13.4. The summed E-state index contributed by atoms with van der Waals surface area (Å²) >= 11 is 0. The highest BCUT2D eigenvalue weighted by Crippen LogP contribution is 2.61. The van der Waals surface area contributed by atoms with Crippen molar-refractivity contribution < 1.29 is 14.3 Å². The third-order valence-corrected chi connectivity index (χ3v) is 9.10. The van der Waals surface area contributed by atoms with Crippen LogP contribution in [0.5, 0.6) is 5.75 Å². The fourth-order valence-electron chi connectivity index (χ4n) is 7.28. The van der Waals surface area contributed by atoms with Gasteiger partial charge in [0.1, 0.15) is 11.9 Å². The monoisotopic (exact) mass is 440 g/mol. The van der Waals surface area contributed by atoms with Crippen LogP contribution in [-0.4, -0.2) is 19.2 Å². The molecule has 0 saturated heterocycles. The van der Waals surface area contributed by atoms with E-state index in [0.717, 1.165) is 37.4 Å². The van der Waals surface area contributed by atoms with Crippen molar-refractivity contribution >= 4 is 5.97 Å². The van der Waals surface area contributed by atoms with E-state index in [0.29, 0.717) is 18.3 Å². The molecule has 0 radical (unpaired) electrons. The molecule has 5 unspecified atom stereocenters. The third-order valence-electron chi connectivity index (χ3n) is 9.10. The molecule has 0 spiro atoms. The van der Waals surface area contributed by atoms with E-state index in [1.165, 1.54) is 63.4 Å². The van der Waals surface area contributed by atoms with E-state index in [2.05, 4.69) is 32.0 Å². The minimum atomic E-state index is 0.0497. The molecule has 0 bridgehead atoms. The molecule has 0 heterocycles. The number of aryl methyl sites for hydroxylation is 1. The number of carbonyl (C=O) groups excluding carboxylic acids is 1. The number of hydrogen-bond donors (Lipinski definition) is 0. The molecule has 1 aromatic rings. The third kappa shape index (κ3) is 4.87. The summed E-state index contributed by atoms with van der Waals surface area (Å²) in [5.41, 5.74) is 3.22. The van der Waals surface area contributed by atoms with E-state index < -0.39 is 0 Å². The molecule has 0 aromatic heterocycles. The molecular weight excluding hydrogens is 396 g/mol. The lowest BCUT2D eigenvalue weighted by Crippen LogP contribution is -2.45. The first-order valence-electron chi connectivity index (χ1n) is 13.4. The van der Waals surface area contributed by atoms with Crippen molar-refractivity contribution in [3.05, 3.63) is 29.3 Å². The summed E-state index contributed by atoms with van der Waals surface area (Å²) in [5, 5.41) is 0. The van der Waals surface area contributed by atoms with Crippen molar-refractivity contribution in [2.45, 2.75) is 116 Å². The van der Waals surface area contributed by atoms with Crippen LogP contribution in [0.1, 0.15) is 114 Å². The van der Waals surface area contributed by atoms with Gasteiger partial charge in [-0.3, -0.25) is 4.79 Å². The maximum Gasteiger partial charge on any atom is 0.306 e. The van der Waals surface area contributed by atoms with Crippen molar-refractivity contribution in [2.24, 2.45) is 17.3 Å². The van der Waals surface area contributed by atoms with Crippen LogP contribution in [0.15, 0.2) is 18.2 Å². The highest BCUT2D eigenvalue weighted by Gasteiger charge is 2.56. The lowest BCUT2D eigenvalue weighted by atomic mass is 9.55. The summed E-state index contributed by atoms with van der Waals surface area (Å²) in [6.45, 7) is 4.68. The van der Waals surface area contributed by atoms with Crippen molar-refractivity contribution in [1.29, 1.82) is 0 Å². The Hall–Kier alpha value is -1.51.